The van der Waals surface area contributed by atoms with Gasteiger partial charge in [0.15, 0.2) is 11.5 Å². The number of ether oxygens (including phenoxy) is 3. The first-order chi connectivity index (χ1) is 9.42. The van der Waals surface area contributed by atoms with Crippen molar-refractivity contribution in [3.05, 3.63) is 24.3 Å². The summed E-state index contributed by atoms with van der Waals surface area (Å²) >= 11 is 0. The van der Waals surface area contributed by atoms with Crippen molar-refractivity contribution in [2.24, 2.45) is 0 Å². The van der Waals surface area contributed by atoms with E-state index in [0.717, 1.165) is 0 Å². The largest absolute Gasteiger partial charge is 0.493 e. The van der Waals surface area contributed by atoms with Crippen LogP contribution in [0.5, 0.6) is 11.5 Å². The number of methoxy groups -OCH3 is 1. The van der Waals surface area contributed by atoms with Gasteiger partial charge in [-0.2, -0.15) is 0 Å². The fourth-order valence-electron chi connectivity index (χ4n) is 1.44. The lowest BCUT2D eigenvalue weighted by Crippen LogP contribution is -2.33. The standard InChI is InChI=1S/C15H22NO4/c1-15(2,3)20-14(17)16-10-7-11-19-13-9-6-5-8-12(13)18-4/h6,8-9H,7,10-11H2,1-4H3,(H,16,17). The molecule has 0 unspecified atom stereocenters. The number of rotatable bonds is 6. The van der Waals surface area contributed by atoms with Gasteiger partial charge in [-0.3, -0.25) is 0 Å². The summed E-state index contributed by atoms with van der Waals surface area (Å²) in [6.07, 6.45) is 0.269. The van der Waals surface area contributed by atoms with Crippen LogP contribution in [0.25, 0.3) is 0 Å². The second-order valence-corrected chi connectivity index (χ2v) is 5.21. The Hall–Kier alpha value is -1.91. The maximum atomic E-state index is 11.4. The Bertz CT molecular complexity index is 426. The van der Waals surface area contributed by atoms with E-state index in [-0.39, 0.29) is 0 Å². The predicted octanol–water partition coefficient (Wildman–Crippen LogP) is 2.79. The summed E-state index contributed by atoms with van der Waals surface area (Å²) in [5, 5.41) is 2.68. The van der Waals surface area contributed by atoms with Crippen LogP contribution < -0.4 is 14.8 Å². The van der Waals surface area contributed by atoms with Gasteiger partial charge in [-0.25, -0.2) is 4.79 Å². The molecule has 1 aromatic rings. The lowest BCUT2D eigenvalue weighted by Gasteiger charge is -2.19. The van der Waals surface area contributed by atoms with Crippen LogP contribution in [0.2, 0.25) is 0 Å². The zero-order chi connectivity index (χ0) is 15.0. The van der Waals surface area contributed by atoms with E-state index in [2.05, 4.69) is 11.4 Å². The molecule has 5 heteroatoms. The molecule has 0 fully saturated rings. The summed E-state index contributed by atoms with van der Waals surface area (Å²) in [5.41, 5.74) is -0.478. The molecule has 1 rings (SSSR count). The van der Waals surface area contributed by atoms with Gasteiger partial charge < -0.3 is 19.5 Å². The van der Waals surface area contributed by atoms with Gasteiger partial charge in [-0.05, 0) is 45.4 Å². The Morgan fingerprint density at radius 3 is 2.75 bits per heavy atom. The zero-order valence-electron chi connectivity index (χ0n) is 12.5. The molecule has 111 valence electrons. The van der Waals surface area contributed by atoms with E-state index in [0.29, 0.717) is 31.1 Å². The summed E-state index contributed by atoms with van der Waals surface area (Å²) in [6.45, 7) is 6.46. The first-order valence-electron chi connectivity index (χ1n) is 6.56. The van der Waals surface area contributed by atoms with Crippen molar-refractivity contribution in [1.82, 2.24) is 5.32 Å². The summed E-state index contributed by atoms with van der Waals surface area (Å²) in [6, 6.07) is 8.18. The quantitative estimate of drug-likeness (QED) is 0.814. The molecule has 1 radical (unpaired) electrons. The highest BCUT2D eigenvalue weighted by atomic mass is 16.6. The van der Waals surface area contributed by atoms with Gasteiger partial charge in [0.2, 0.25) is 0 Å². The summed E-state index contributed by atoms with van der Waals surface area (Å²) in [7, 11) is 1.58. The minimum Gasteiger partial charge on any atom is -0.493 e. The molecule has 0 bridgehead atoms. The lowest BCUT2D eigenvalue weighted by atomic mass is 10.2. The van der Waals surface area contributed by atoms with Gasteiger partial charge in [0.25, 0.3) is 0 Å². The van der Waals surface area contributed by atoms with Crippen LogP contribution >= 0.6 is 0 Å². The second kappa shape index (κ2) is 7.62. The minimum absolute atomic E-state index is 0.413. The van der Waals surface area contributed by atoms with Crippen LogP contribution in [0, 0.1) is 6.07 Å². The molecule has 0 aliphatic rings. The van der Waals surface area contributed by atoms with Crippen LogP contribution in [0.15, 0.2) is 18.2 Å². The van der Waals surface area contributed by atoms with Gasteiger partial charge in [0, 0.05) is 6.54 Å². The Morgan fingerprint density at radius 2 is 2.10 bits per heavy atom. The highest BCUT2D eigenvalue weighted by Crippen LogP contribution is 2.25. The molecule has 0 saturated carbocycles. The maximum Gasteiger partial charge on any atom is 0.407 e. The average molecular weight is 280 g/mol. The third-order valence-electron chi connectivity index (χ3n) is 2.26. The smallest absolute Gasteiger partial charge is 0.407 e. The Kier molecular flexibility index (Phi) is 6.15. The maximum absolute atomic E-state index is 11.4. The molecule has 0 saturated heterocycles. The van der Waals surface area contributed by atoms with Gasteiger partial charge in [0.1, 0.15) is 5.60 Å². The van der Waals surface area contributed by atoms with E-state index in [1.165, 1.54) is 0 Å². The van der Waals surface area contributed by atoms with E-state index in [1.807, 2.05) is 20.8 Å². The molecule has 0 aromatic heterocycles. The Morgan fingerprint density at radius 1 is 1.35 bits per heavy atom. The highest BCUT2D eigenvalue weighted by Gasteiger charge is 2.15. The molecule has 1 amide bonds. The highest BCUT2D eigenvalue weighted by molar-refractivity contribution is 5.67. The van der Waals surface area contributed by atoms with Crippen molar-refractivity contribution < 1.29 is 19.0 Å². The van der Waals surface area contributed by atoms with Crippen LogP contribution in [0.4, 0.5) is 4.79 Å². The molecule has 0 aliphatic heterocycles. The number of carbonyl (C=O) groups excluding carboxylic acids is 1. The minimum atomic E-state index is -0.478. The molecule has 0 atom stereocenters. The Balaban J connectivity index is 2.21. The molecule has 0 spiro atoms. The van der Waals surface area contributed by atoms with Gasteiger partial charge >= 0.3 is 6.09 Å². The lowest BCUT2D eigenvalue weighted by molar-refractivity contribution is 0.0525. The number of alkyl carbamates (subject to hydrolysis) is 1. The van der Waals surface area contributed by atoms with Gasteiger partial charge in [-0.1, -0.05) is 6.07 Å². The van der Waals surface area contributed by atoms with Crippen LogP contribution in [0.1, 0.15) is 27.2 Å². The van der Waals surface area contributed by atoms with Gasteiger partial charge in [-0.15, -0.1) is 0 Å². The summed E-state index contributed by atoms with van der Waals surface area (Å²) in [4.78, 5) is 11.4. The van der Waals surface area contributed by atoms with Crippen molar-refractivity contribution in [2.75, 3.05) is 20.3 Å². The monoisotopic (exact) mass is 280 g/mol. The third kappa shape index (κ3) is 6.31. The fraction of sp³-hybridized carbons (Fsp3) is 0.533. The average Bonchev–Trinajstić information content (AvgIpc) is 2.36. The summed E-state index contributed by atoms with van der Waals surface area (Å²) in [5.74, 6) is 1.32. The van der Waals surface area contributed by atoms with Crippen LogP contribution in [0.3, 0.4) is 0 Å². The predicted molar refractivity (Wildman–Crippen MR) is 76.2 cm³/mol. The number of hydrogen-bond acceptors (Lipinski definition) is 4. The number of benzene rings is 1. The van der Waals surface area contributed by atoms with E-state index >= 15 is 0 Å². The van der Waals surface area contributed by atoms with Crippen molar-refractivity contribution >= 4 is 6.09 Å². The van der Waals surface area contributed by atoms with Crippen LogP contribution in [-0.2, 0) is 4.74 Å². The molecular weight excluding hydrogens is 258 g/mol. The summed E-state index contributed by atoms with van der Waals surface area (Å²) < 4.78 is 15.8. The number of amides is 1. The SMILES string of the molecule is COc1c[c]ccc1OCCCNC(=O)OC(C)(C)C. The zero-order valence-corrected chi connectivity index (χ0v) is 12.5. The van der Waals surface area contributed by atoms with E-state index in [1.54, 1.807) is 25.3 Å². The van der Waals surface area contributed by atoms with E-state index in [4.69, 9.17) is 14.2 Å². The molecule has 0 heterocycles. The Labute approximate surface area is 120 Å². The number of hydrogen-bond donors (Lipinski definition) is 1. The van der Waals surface area contributed by atoms with Crippen molar-refractivity contribution in [3.63, 3.8) is 0 Å². The first-order valence-corrected chi connectivity index (χ1v) is 6.56. The van der Waals surface area contributed by atoms with Crippen molar-refractivity contribution in [1.29, 1.82) is 0 Å². The topological polar surface area (TPSA) is 56.8 Å². The first kappa shape index (κ1) is 16.1. The molecule has 20 heavy (non-hydrogen) atoms. The molecule has 1 aromatic carbocycles. The van der Waals surface area contributed by atoms with E-state index < -0.39 is 11.7 Å². The molecule has 1 N–H and O–H groups in total. The van der Waals surface area contributed by atoms with E-state index in [9.17, 15) is 4.79 Å². The fourth-order valence-corrected chi connectivity index (χ4v) is 1.44. The van der Waals surface area contributed by atoms with Crippen molar-refractivity contribution in [2.45, 2.75) is 32.8 Å². The normalized spacial score (nSPS) is 10.8. The number of carbonyl (C=O) groups is 1. The van der Waals surface area contributed by atoms with Gasteiger partial charge in [0.05, 0.1) is 13.7 Å². The third-order valence-corrected chi connectivity index (χ3v) is 2.26. The second-order valence-electron chi connectivity index (χ2n) is 5.21. The number of nitrogens with one attached hydrogen (secondary N) is 1. The molecular formula is C15H22NO4. The molecule has 0 aliphatic carbocycles. The van der Waals surface area contributed by atoms with Crippen LogP contribution in [-0.4, -0.2) is 32.0 Å². The molecule has 5 nitrogen and oxygen atoms in total. The van der Waals surface area contributed by atoms with Crippen molar-refractivity contribution in [3.8, 4) is 11.5 Å².